The Kier molecular flexibility index (Phi) is 7.20. The molecule has 0 radical (unpaired) electrons. The Morgan fingerprint density at radius 2 is 1.80 bits per heavy atom. The Labute approximate surface area is 240 Å². The van der Waals surface area contributed by atoms with Gasteiger partial charge in [-0.1, -0.05) is 54.2 Å². The minimum atomic E-state index is -3.75. The van der Waals surface area contributed by atoms with Gasteiger partial charge < -0.3 is 10.3 Å². The van der Waals surface area contributed by atoms with Crippen molar-refractivity contribution in [2.24, 2.45) is 15.1 Å². The molecular weight excluding hydrogens is 560 g/mol. The first-order valence-corrected chi connectivity index (χ1v) is 15.5. The van der Waals surface area contributed by atoms with Crippen molar-refractivity contribution < 1.29 is 18.0 Å². The van der Waals surface area contributed by atoms with Crippen LogP contribution >= 0.6 is 11.8 Å². The highest BCUT2D eigenvalue weighted by Crippen LogP contribution is 2.34. The van der Waals surface area contributed by atoms with Crippen LogP contribution in [0.1, 0.15) is 16.7 Å². The SMILES string of the molecule is NS(=O)(=O)c1ccc(CCNC(=O)CSC2=Nc3ccccc3C3=N[C@@H](Cc4c[nH]c5ccccc45)C(=O)N23)cc1. The normalized spacial score (nSPS) is 16.3. The van der Waals surface area contributed by atoms with Crippen LogP contribution in [-0.4, -0.2) is 59.5 Å². The number of amides is 2. The van der Waals surface area contributed by atoms with E-state index in [9.17, 15) is 18.0 Å². The van der Waals surface area contributed by atoms with Gasteiger partial charge in [0, 0.05) is 35.6 Å². The summed E-state index contributed by atoms with van der Waals surface area (Å²) in [6.07, 6.45) is 2.89. The van der Waals surface area contributed by atoms with Gasteiger partial charge >= 0.3 is 0 Å². The zero-order valence-corrected chi connectivity index (χ0v) is 23.4. The summed E-state index contributed by atoms with van der Waals surface area (Å²) in [4.78, 5) is 40.7. The average Bonchev–Trinajstić information content (AvgIpc) is 3.53. The molecule has 2 amide bonds. The molecule has 0 aliphatic carbocycles. The van der Waals surface area contributed by atoms with Crippen LogP contribution in [0.25, 0.3) is 10.9 Å². The number of sulfonamides is 1. The van der Waals surface area contributed by atoms with E-state index in [1.165, 1.54) is 28.8 Å². The van der Waals surface area contributed by atoms with Crippen molar-refractivity contribution in [2.45, 2.75) is 23.8 Å². The number of H-pyrrole nitrogens is 1. The maximum atomic E-state index is 13.6. The third kappa shape index (κ3) is 5.53. The lowest BCUT2D eigenvalue weighted by Crippen LogP contribution is -2.42. The highest BCUT2D eigenvalue weighted by molar-refractivity contribution is 8.14. The van der Waals surface area contributed by atoms with Gasteiger partial charge in [-0.3, -0.25) is 14.6 Å². The molecule has 0 saturated heterocycles. The minimum Gasteiger partial charge on any atom is -0.361 e. The Balaban J connectivity index is 1.12. The van der Waals surface area contributed by atoms with Gasteiger partial charge in [-0.25, -0.2) is 23.4 Å². The smallest absolute Gasteiger partial charge is 0.259 e. The van der Waals surface area contributed by atoms with Gasteiger partial charge in [0.2, 0.25) is 15.9 Å². The van der Waals surface area contributed by atoms with Gasteiger partial charge in [0.1, 0.15) is 11.9 Å². The summed E-state index contributed by atoms with van der Waals surface area (Å²) in [5.74, 6) is 0.235. The fourth-order valence-corrected chi connectivity index (χ4v) is 6.26. The molecule has 2 aliphatic heterocycles. The summed E-state index contributed by atoms with van der Waals surface area (Å²) in [6, 6.07) is 21.1. The van der Waals surface area contributed by atoms with Gasteiger partial charge in [-0.2, -0.15) is 0 Å². The van der Waals surface area contributed by atoms with Crippen molar-refractivity contribution in [3.8, 4) is 0 Å². The second-order valence-electron chi connectivity index (χ2n) is 9.69. The Morgan fingerprint density at radius 3 is 2.61 bits per heavy atom. The predicted octanol–water partition coefficient (Wildman–Crippen LogP) is 3.11. The number of aliphatic imine (C=N–C) groups is 2. The van der Waals surface area contributed by atoms with E-state index in [2.05, 4.69) is 10.3 Å². The predicted molar refractivity (Wildman–Crippen MR) is 160 cm³/mol. The van der Waals surface area contributed by atoms with Crippen LogP contribution in [0.5, 0.6) is 0 Å². The number of nitrogens with two attached hydrogens (primary N) is 1. The number of hydrogen-bond donors (Lipinski definition) is 3. The molecule has 4 N–H and O–H groups in total. The number of rotatable bonds is 8. The molecule has 0 unspecified atom stereocenters. The van der Waals surface area contributed by atoms with Crippen LogP contribution in [0.15, 0.2) is 93.9 Å². The van der Waals surface area contributed by atoms with Gasteiger partial charge in [0.25, 0.3) is 5.91 Å². The molecular formula is C29H26N6O4S2. The number of para-hydroxylation sites is 2. The molecule has 1 aromatic heterocycles. The number of fused-ring (bicyclic) bond motifs is 4. The van der Waals surface area contributed by atoms with Crippen LogP contribution in [0.4, 0.5) is 5.69 Å². The second kappa shape index (κ2) is 11.0. The van der Waals surface area contributed by atoms with Crippen LogP contribution in [0.3, 0.4) is 0 Å². The fraction of sp³-hybridized carbons (Fsp3) is 0.172. The number of amidine groups is 2. The molecule has 4 aromatic rings. The molecule has 1 atom stereocenters. The molecule has 41 heavy (non-hydrogen) atoms. The van der Waals surface area contributed by atoms with Gasteiger partial charge in [0.05, 0.1) is 16.3 Å². The van der Waals surface area contributed by atoms with Crippen molar-refractivity contribution in [2.75, 3.05) is 12.3 Å². The van der Waals surface area contributed by atoms with Crippen molar-refractivity contribution in [3.05, 3.63) is 95.7 Å². The number of nitrogens with zero attached hydrogens (tertiary/aromatic N) is 3. The zero-order valence-electron chi connectivity index (χ0n) is 21.8. The number of carbonyl (C=O) groups excluding carboxylic acids is 2. The number of thioether (sulfide) groups is 1. The summed E-state index contributed by atoms with van der Waals surface area (Å²) in [5.41, 5.74) is 4.37. The number of hydrogen-bond acceptors (Lipinski definition) is 7. The highest BCUT2D eigenvalue weighted by atomic mass is 32.2. The topological polar surface area (TPSA) is 150 Å². The molecule has 10 nitrogen and oxygen atoms in total. The Morgan fingerprint density at radius 1 is 1.05 bits per heavy atom. The first-order chi connectivity index (χ1) is 19.8. The van der Waals surface area contributed by atoms with Crippen LogP contribution < -0.4 is 10.5 Å². The van der Waals surface area contributed by atoms with E-state index in [1.807, 2.05) is 54.7 Å². The van der Waals surface area contributed by atoms with E-state index in [-0.39, 0.29) is 22.5 Å². The molecule has 0 bridgehead atoms. The number of carbonyl (C=O) groups is 2. The number of primary sulfonamides is 1. The van der Waals surface area contributed by atoms with Crippen LogP contribution in [-0.2, 0) is 32.5 Å². The number of aromatic amines is 1. The molecule has 2 aliphatic rings. The molecule has 0 saturated carbocycles. The lowest BCUT2D eigenvalue weighted by Gasteiger charge is -2.25. The third-order valence-electron chi connectivity index (χ3n) is 6.96. The molecule has 0 fully saturated rings. The van der Waals surface area contributed by atoms with Crippen molar-refractivity contribution in [1.29, 1.82) is 0 Å². The molecule has 3 aromatic carbocycles. The van der Waals surface area contributed by atoms with Crippen molar-refractivity contribution >= 4 is 61.2 Å². The maximum Gasteiger partial charge on any atom is 0.259 e. The fourth-order valence-electron chi connectivity index (χ4n) is 4.91. The summed E-state index contributed by atoms with van der Waals surface area (Å²) in [7, 11) is -3.75. The zero-order chi connectivity index (χ0) is 28.6. The third-order valence-corrected chi connectivity index (χ3v) is 8.82. The minimum absolute atomic E-state index is 0.0413. The molecule has 3 heterocycles. The lowest BCUT2D eigenvalue weighted by molar-refractivity contribution is -0.124. The van der Waals surface area contributed by atoms with E-state index >= 15 is 0 Å². The summed E-state index contributed by atoms with van der Waals surface area (Å²) < 4.78 is 22.8. The standard InChI is InChI=1S/C29H26N6O4S2/c30-41(38,39)20-11-9-18(10-12-20)13-14-31-26(36)17-40-29-34-24-8-4-2-6-22(24)27-33-25(28(37)35(27)29)15-19-16-32-23-7-3-1-5-21(19)23/h1-12,16,25,32H,13-15,17H2,(H,31,36)(H2,30,38,39)/t25-/m0/s1. The van der Waals surface area contributed by atoms with Gasteiger partial charge in [-0.05, 0) is 47.9 Å². The second-order valence-corrected chi connectivity index (χ2v) is 12.2. The Bertz CT molecular complexity index is 1830. The lowest BCUT2D eigenvalue weighted by atomic mass is 10.1. The van der Waals surface area contributed by atoms with E-state index < -0.39 is 16.1 Å². The van der Waals surface area contributed by atoms with E-state index in [4.69, 9.17) is 15.1 Å². The van der Waals surface area contributed by atoms with Crippen molar-refractivity contribution in [3.63, 3.8) is 0 Å². The quantitative estimate of drug-likeness (QED) is 0.290. The first kappa shape index (κ1) is 26.9. The highest BCUT2D eigenvalue weighted by Gasteiger charge is 2.41. The van der Waals surface area contributed by atoms with Gasteiger partial charge in [-0.15, -0.1) is 0 Å². The first-order valence-electron chi connectivity index (χ1n) is 12.9. The summed E-state index contributed by atoms with van der Waals surface area (Å²) >= 11 is 1.19. The molecule has 0 spiro atoms. The van der Waals surface area contributed by atoms with Crippen LogP contribution in [0, 0.1) is 0 Å². The van der Waals surface area contributed by atoms with Crippen LogP contribution in [0.2, 0.25) is 0 Å². The largest absolute Gasteiger partial charge is 0.361 e. The van der Waals surface area contributed by atoms with E-state index in [0.717, 1.165) is 27.6 Å². The molecule has 12 heteroatoms. The maximum absolute atomic E-state index is 13.6. The number of aromatic nitrogens is 1. The molecule has 6 rings (SSSR count). The monoisotopic (exact) mass is 586 g/mol. The number of benzene rings is 3. The van der Waals surface area contributed by atoms with Crippen molar-refractivity contribution in [1.82, 2.24) is 15.2 Å². The summed E-state index contributed by atoms with van der Waals surface area (Å²) in [6.45, 7) is 0.367. The van der Waals surface area contributed by atoms with Gasteiger partial charge in [0.15, 0.2) is 5.17 Å². The van der Waals surface area contributed by atoms with E-state index in [1.54, 1.807) is 12.1 Å². The Hall–Kier alpha value is -4.26. The summed E-state index contributed by atoms with van der Waals surface area (Å²) in [5, 5.41) is 9.48. The molecule has 208 valence electrons. The average molecular weight is 587 g/mol. The van der Waals surface area contributed by atoms with E-state index in [0.29, 0.717) is 36.1 Å². The number of nitrogens with one attached hydrogen (secondary N) is 2.